The highest BCUT2D eigenvalue weighted by atomic mass is 127. The molecule has 15 heavy (non-hydrogen) atoms. The molecule has 0 unspecified atom stereocenters. The van der Waals surface area contributed by atoms with E-state index >= 15 is 0 Å². The lowest BCUT2D eigenvalue weighted by Crippen LogP contribution is -1.98. The van der Waals surface area contributed by atoms with Gasteiger partial charge in [-0.05, 0) is 22.9 Å². The molecular weight excluding hydrogens is 327 g/mol. The third kappa shape index (κ3) is 2.14. The number of rotatable bonds is 2. The molecule has 0 atom stereocenters. The van der Waals surface area contributed by atoms with Crippen molar-refractivity contribution in [2.75, 3.05) is 0 Å². The lowest BCUT2D eigenvalue weighted by Gasteiger charge is -2.01. The fraction of sp³-hybridized carbons (Fsp3) is 0. The van der Waals surface area contributed by atoms with E-state index < -0.39 is 10.1 Å². The number of fused-ring (bicyclic) bond motifs is 1. The van der Waals surface area contributed by atoms with E-state index in [1.54, 1.807) is 12.1 Å². The summed E-state index contributed by atoms with van der Waals surface area (Å²) in [7, 11) is -3.60. The number of halogens is 1. The quantitative estimate of drug-likeness (QED) is 0.793. The van der Waals surface area contributed by atoms with Gasteiger partial charge in [0.25, 0.3) is 0 Å². The van der Waals surface area contributed by atoms with Crippen molar-refractivity contribution in [3.05, 3.63) is 42.5 Å². The van der Waals surface area contributed by atoms with E-state index in [-0.39, 0.29) is 4.90 Å². The van der Waals surface area contributed by atoms with Gasteiger partial charge in [0.2, 0.25) is 0 Å². The van der Waals surface area contributed by atoms with Crippen molar-refractivity contribution in [1.82, 2.24) is 0 Å². The predicted molar refractivity (Wildman–Crippen MR) is 66.2 cm³/mol. The molecular formula is C10H7IO3S. The molecule has 0 radical (unpaired) electrons. The highest BCUT2D eigenvalue weighted by Gasteiger charge is 2.13. The lowest BCUT2D eigenvalue weighted by molar-refractivity contribution is 0.536. The Morgan fingerprint density at radius 2 is 1.67 bits per heavy atom. The third-order valence-electron chi connectivity index (χ3n) is 2.09. The number of hydrogen-bond acceptors (Lipinski definition) is 3. The summed E-state index contributed by atoms with van der Waals surface area (Å²) in [5, 5.41) is 1.89. The summed E-state index contributed by atoms with van der Waals surface area (Å²) in [5.74, 6) is 0. The van der Waals surface area contributed by atoms with Crippen LogP contribution in [-0.4, -0.2) is 8.42 Å². The first-order valence-corrected chi connectivity index (χ1v) is 6.46. The van der Waals surface area contributed by atoms with Crippen LogP contribution in [0.1, 0.15) is 0 Å². The molecule has 0 saturated carbocycles. The van der Waals surface area contributed by atoms with E-state index in [1.165, 1.54) is 29.1 Å². The molecule has 0 fully saturated rings. The average molecular weight is 334 g/mol. The van der Waals surface area contributed by atoms with Gasteiger partial charge in [0.15, 0.2) is 0 Å². The Morgan fingerprint density at radius 1 is 1.00 bits per heavy atom. The van der Waals surface area contributed by atoms with Crippen LogP contribution in [0.5, 0.6) is 0 Å². The molecule has 2 aromatic rings. The highest BCUT2D eigenvalue weighted by Crippen LogP contribution is 2.21. The van der Waals surface area contributed by atoms with Gasteiger partial charge in [-0.15, -0.1) is 0 Å². The van der Waals surface area contributed by atoms with Gasteiger partial charge in [0.1, 0.15) is 23.0 Å². The molecule has 0 bridgehead atoms. The Hall–Kier alpha value is -0.660. The second-order valence-corrected chi connectivity index (χ2v) is 5.61. The first-order chi connectivity index (χ1) is 7.13. The molecule has 0 heterocycles. The molecule has 3 nitrogen and oxygen atoms in total. The van der Waals surface area contributed by atoms with Crippen molar-refractivity contribution in [3.63, 3.8) is 0 Å². The van der Waals surface area contributed by atoms with Crippen LogP contribution in [0.3, 0.4) is 0 Å². The van der Waals surface area contributed by atoms with Gasteiger partial charge in [0.05, 0.1) is 4.90 Å². The van der Waals surface area contributed by atoms with Crippen molar-refractivity contribution in [2.24, 2.45) is 0 Å². The van der Waals surface area contributed by atoms with Crippen molar-refractivity contribution < 1.29 is 10.9 Å². The van der Waals surface area contributed by atoms with Gasteiger partial charge in [0, 0.05) is 0 Å². The van der Waals surface area contributed by atoms with Gasteiger partial charge in [-0.25, -0.2) is 0 Å². The normalized spacial score (nSPS) is 11.8. The topological polar surface area (TPSA) is 43.4 Å². The number of hydrogen-bond donors (Lipinski definition) is 0. The summed E-state index contributed by atoms with van der Waals surface area (Å²) in [6.07, 6.45) is 0. The van der Waals surface area contributed by atoms with E-state index in [2.05, 4.69) is 2.51 Å². The van der Waals surface area contributed by atoms with Crippen LogP contribution in [0.4, 0.5) is 0 Å². The highest BCUT2D eigenvalue weighted by molar-refractivity contribution is 14.1. The van der Waals surface area contributed by atoms with Crippen LogP contribution in [0.15, 0.2) is 47.4 Å². The second kappa shape index (κ2) is 4.07. The molecule has 0 aromatic heterocycles. The maximum absolute atomic E-state index is 11.4. The van der Waals surface area contributed by atoms with Crippen LogP contribution >= 0.6 is 23.0 Å². The molecule has 2 aromatic carbocycles. The molecule has 0 aliphatic rings. The fourth-order valence-corrected chi connectivity index (χ4v) is 2.56. The molecule has 0 aliphatic carbocycles. The van der Waals surface area contributed by atoms with Crippen LogP contribution < -0.4 is 0 Å². The van der Waals surface area contributed by atoms with E-state index in [0.29, 0.717) is 0 Å². The van der Waals surface area contributed by atoms with Crippen molar-refractivity contribution >= 4 is 43.9 Å². The van der Waals surface area contributed by atoms with E-state index in [1.807, 2.05) is 24.3 Å². The third-order valence-corrected chi connectivity index (χ3v) is 4.51. The Bertz CT molecular complexity index is 592. The lowest BCUT2D eigenvalue weighted by atomic mass is 10.1. The van der Waals surface area contributed by atoms with Crippen LogP contribution in [0.25, 0.3) is 10.8 Å². The van der Waals surface area contributed by atoms with Gasteiger partial charge in [-0.3, -0.25) is 0 Å². The Balaban J connectivity index is 2.67. The first-order valence-electron chi connectivity index (χ1n) is 4.17. The molecule has 0 N–H and O–H groups in total. The standard InChI is InChI=1S/C10H7IO3S/c11-14-15(12,13)10-6-5-8-3-1-2-4-9(8)7-10/h1-7H. The minimum atomic E-state index is -3.60. The zero-order valence-electron chi connectivity index (χ0n) is 7.55. The molecule has 0 aliphatic heterocycles. The molecule has 0 amide bonds. The maximum Gasteiger partial charge on any atom is 0.306 e. The SMILES string of the molecule is O=S(=O)(OI)c1ccc2ccccc2c1. The first kappa shape index (κ1) is 10.8. The summed E-state index contributed by atoms with van der Waals surface area (Å²) in [4.78, 5) is 0.176. The van der Waals surface area contributed by atoms with Gasteiger partial charge < -0.3 is 0 Å². The molecule has 0 saturated heterocycles. The Kier molecular flexibility index (Phi) is 2.94. The van der Waals surface area contributed by atoms with Gasteiger partial charge in [-0.2, -0.15) is 10.9 Å². The summed E-state index contributed by atoms with van der Waals surface area (Å²) >= 11 is 1.37. The molecule has 78 valence electrons. The summed E-state index contributed by atoms with van der Waals surface area (Å²) in [6.45, 7) is 0. The Morgan fingerprint density at radius 3 is 2.33 bits per heavy atom. The number of benzene rings is 2. The summed E-state index contributed by atoms with van der Waals surface area (Å²) in [6, 6.07) is 12.5. The maximum atomic E-state index is 11.4. The molecule has 5 heteroatoms. The minimum absolute atomic E-state index is 0.176. The van der Waals surface area contributed by atoms with Gasteiger partial charge in [-0.1, -0.05) is 30.3 Å². The smallest absolute Gasteiger partial charge is 0.195 e. The average Bonchev–Trinajstić information content (AvgIpc) is 2.28. The predicted octanol–water partition coefficient (Wildman–Crippen LogP) is 2.90. The Labute approximate surface area is 102 Å². The van der Waals surface area contributed by atoms with Crippen LogP contribution in [-0.2, 0) is 12.6 Å². The molecule has 2 rings (SSSR count). The zero-order valence-corrected chi connectivity index (χ0v) is 10.5. The van der Waals surface area contributed by atoms with Crippen molar-refractivity contribution in [2.45, 2.75) is 4.90 Å². The van der Waals surface area contributed by atoms with Crippen molar-refractivity contribution in [1.29, 1.82) is 0 Å². The van der Waals surface area contributed by atoms with Crippen LogP contribution in [0, 0.1) is 0 Å². The van der Waals surface area contributed by atoms with E-state index in [4.69, 9.17) is 0 Å². The summed E-state index contributed by atoms with van der Waals surface area (Å²) < 4.78 is 27.2. The zero-order chi connectivity index (χ0) is 10.9. The minimum Gasteiger partial charge on any atom is -0.195 e. The second-order valence-electron chi connectivity index (χ2n) is 3.03. The van der Waals surface area contributed by atoms with E-state index in [0.717, 1.165) is 10.8 Å². The molecule has 0 spiro atoms. The largest absolute Gasteiger partial charge is 0.306 e. The van der Waals surface area contributed by atoms with Gasteiger partial charge >= 0.3 is 10.1 Å². The van der Waals surface area contributed by atoms with Crippen LogP contribution in [0.2, 0.25) is 0 Å². The van der Waals surface area contributed by atoms with Crippen molar-refractivity contribution in [3.8, 4) is 0 Å². The summed E-state index contributed by atoms with van der Waals surface area (Å²) in [5.41, 5.74) is 0. The fourth-order valence-electron chi connectivity index (χ4n) is 1.36. The van der Waals surface area contributed by atoms with E-state index in [9.17, 15) is 8.42 Å². The monoisotopic (exact) mass is 334 g/mol.